The molecule has 3 rings (SSSR count). The monoisotopic (exact) mass is 266 g/mol. The molecule has 2 saturated heterocycles. The molecule has 0 spiro atoms. The van der Waals surface area contributed by atoms with E-state index in [2.05, 4.69) is 15.5 Å². The first kappa shape index (κ1) is 12.6. The molecular weight excluding hydrogens is 248 g/mol. The highest BCUT2D eigenvalue weighted by Crippen LogP contribution is 2.21. The van der Waals surface area contributed by atoms with Crippen LogP contribution in [0, 0.1) is 0 Å². The lowest BCUT2D eigenvalue weighted by Gasteiger charge is -2.32. The molecule has 7 nitrogen and oxygen atoms in total. The molecule has 2 atom stereocenters. The van der Waals surface area contributed by atoms with Gasteiger partial charge in [-0.25, -0.2) is 0 Å². The van der Waals surface area contributed by atoms with Crippen molar-refractivity contribution >= 4 is 5.91 Å². The Labute approximate surface area is 111 Å². The highest BCUT2D eigenvalue weighted by atomic mass is 16.5. The van der Waals surface area contributed by atoms with E-state index >= 15 is 0 Å². The van der Waals surface area contributed by atoms with Crippen LogP contribution in [0.2, 0.25) is 0 Å². The van der Waals surface area contributed by atoms with Crippen molar-refractivity contribution < 1.29 is 14.1 Å². The lowest BCUT2D eigenvalue weighted by atomic mass is 10.2. The van der Waals surface area contributed by atoms with Crippen molar-refractivity contribution in [3.8, 4) is 0 Å². The van der Waals surface area contributed by atoms with Gasteiger partial charge in [0.1, 0.15) is 0 Å². The van der Waals surface area contributed by atoms with Crippen LogP contribution in [0.25, 0.3) is 0 Å². The fourth-order valence-corrected chi connectivity index (χ4v) is 2.52. The fourth-order valence-electron chi connectivity index (χ4n) is 2.52. The number of morpholine rings is 1. The molecule has 0 aromatic carbocycles. The van der Waals surface area contributed by atoms with E-state index in [0.29, 0.717) is 25.6 Å². The summed E-state index contributed by atoms with van der Waals surface area (Å²) < 4.78 is 10.5. The van der Waals surface area contributed by atoms with Crippen LogP contribution < -0.4 is 5.32 Å². The Kier molecular flexibility index (Phi) is 3.48. The fraction of sp³-hybridized carbons (Fsp3) is 0.750. The van der Waals surface area contributed by atoms with Gasteiger partial charge in [-0.3, -0.25) is 4.79 Å². The first-order chi connectivity index (χ1) is 9.25. The van der Waals surface area contributed by atoms with E-state index in [-0.39, 0.29) is 23.8 Å². The van der Waals surface area contributed by atoms with E-state index in [4.69, 9.17) is 9.26 Å². The number of amides is 1. The van der Waals surface area contributed by atoms with Gasteiger partial charge in [-0.2, -0.15) is 4.98 Å². The average molecular weight is 266 g/mol. The van der Waals surface area contributed by atoms with Crippen molar-refractivity contribution in [2.24, 2.45) is 0 Å². The van der Waals surface area contributed by atoms with Gasteiger partial charge in [-0.05, 0) is 26.3 Å². The van der Waals surface area contributed by atoms with Crippen LogP contribution in [-0.2, 0) is 4.74 Å². The van der Waals surface area contributed by atoms with E-state index in [1.165, 1.54) is 0 Å². The van der Waals surface area contributed by atoms with E-state index in [1.54, 1.807) is 4.90 Å². The summed E-state index contributed by atoms with van der Waals surface area (Å²) in [6.07, 6.45) is 2.07. The zero-order valence-corrected chi connectivity index (χ0v) is 11.0. The van der Waals surface area contributed by atoms with Gasteiger partial charge in [0.25, 0.3) is 11.7 Å². The maximum Gasteiger partial charge on any atom is 0.295 e. The van der Waals surface area contributed by atoms with Crippen LogP contribution >= 0.6 is 0 Å². The van der Waals surface area contributed by atoms with E-state index in [1.807, 2.05) is 6.92 Å². The normalized spacial score (nSPS) is 27.7. The van der Waals surface area contributed by atoms with Crippen LogP contribution in [-0.4, -0.2) is 53.3 Å². The average Bonchev–Trinajstić information content (AvgIpc) is 3.09. The first-order valence-corrected chi connectivity index (χ1v) is 6.71. The van der Waals surface area contributed by atoms with Crippen LogP contribution in [0.5, 0.6) is 0 Å². The molecule has 2 aliphatic rings. The Bertz CT molecular complexity index is 456. The van der Waals surface area contributed by atoms with Crippen molar-refractivity contribution in [1.29, 1.82) is 0 Å². The minimum atomic E-state index is -0.177. The third-order valence-electron chi connectivity index (χ3n) is 3.62. The highest BCUT2D eigenvalue weighted by Gasteiger charge is 2.30. The van der Waals surface area contributed by atoms with Crippen LogP contribution in [0.15, 0.2) is 4.52 Å². The van der Waals surface area contributed by atoms with Gasteiger partial charge < -0.3 is 19.5 Å². The number of hydrogen-bond donors (Lipinski definition) is 1. The van der Waals surface area contributed by atoms with Crippen LogP contribution in [0.3, 0.4) is 0 Å². The van der Waals surface area contributed by atoms with Crippen molar-refractivity contribution in [2.75, 3.05) is 26.3 Å². The summed E-state index contributed by atoms with van der Waals surface area (Å²) in [5.74, 6) is 0.489. The molecule has 3 heterocycles. The molecule has 7 heteroatoms. The van der Waals surface area contributed by atoms with E-state index < -0.39 is 0 Å². The molecule has 2 aliphatic heterocycles. The Morgan fingerprint density at radius 1 is 1.53 bits per heavy atom. The molecule has 2 unspecified atom stereocenters. The predicted molar refractivity (Wildman–Crippen MR) is 65.6 cm³/mol. The first-order valence-electron chi connectivity index (χ1n) is 6.71. The minimum absolute atomic E-state index is 0.0489. The third-order valence-corrected chi connectivity index (χ3v) is 3.62. The summed E-state index contributed by atoms with van der Waals surface area (Å²) in [6.45, 7) is 4.60. The molecule has 2 fully saturated rings. The zero-order valence-electron chi connectivity index (χ0n) is 11.0. The van der Waals surface area contributed by atoms with E-state index in [0.717, 1.165) is 19.4 Å². The quantitative estimate of drug-likeness (QED) is 0.832. The number of ether oxygens (including phenoxy) is 1. The molecule has 104 valence electrons. The highest BCUT2D eigenvalue weighted by molar-refractivity contribution is 5.90. The lowest BCUT2D eigenvalue weighted by Crippen LogP contribution is -2.47. The summed E-state index contributed by atoms with van der Waals surface area (Å²) >= 11 is 0. The van der Waals surface area contributed by atoms with Crippen molar-refractivity contribution in [1.82, 2.24) is 20.4 Å². The SMILES string of the molecule is CC1COCCN1C(=O)c1noc(C2CCCN2)n1. The Morgan fingerprint density at radius 3 is 3.16 bits per heavy atom. The zero-order chi connectivity index (χ0) is 13.2. The number of aromatic nitrogens is 2. The second-order valence-electron chi connectivity index (χ2n) is 5.03. The number of hydrogen-bond acceptors (Lipinski definition) is 6. The molecule has 1 aromatic rings. The van der Waals surface area contributed by atoms with Gasteiger partial charge in [0.2, 0.25) is 5.89 Å². The van der Waals surface area contributed by atoms with Crippen molar-refractivity contribution in [2.45, 2.75) is 31.8 Å². The Hall–Kier alpha value is -1.47. The molecule has 1 amide bonds. The van der Waals surface area contributed by atoms with Gasteiger partial charge in [-0.1, -0.05) is 5.16 Å². The van der Waals surface area contributed by atoms with Gasteiger partial charge in [0.05, 0.1) is 25.3 Å². The summed E-state index contributed by atoms with van der Waals surface area (Å²) in [5.41, 5.74) is 0. The minimum Gasteiger partial charge on any atom is -0.377 e. The number of rotatable bonds is 2. The maximum atomic E-state index is 12.3. The standard InChI is InChI=1S/C12H18N4O3/c1-8-7-18-6-5-16(8)12(17)10-14-11(19-15-10)9-3-2-4-13-9/h8-9,13H,2-7H2,1H3. The maximum absolute atomic E-state index is 12.3. The van der Waals surface area contributed by atoms with Gasteiger partial charge in [-0.15, -0.1) is 0 Å². The molecule has 0 radical (unpaired) electrons. The van der Waals surface area contributed by atoms with Crippen LogP contribution in [0.1, 0.15) is 42.3 Å². The summed E-state index contributed by atoms with van der Waals surface area (Å²) in [6, 6.07) is 0.143. The molecule has 0 saturated carbocycles. The second kappa shape index (κ2) is 5.26. The Balaban J connectivity index is 1.72. The molecule has 1 aromatic heterocycles. The predicted octanol–water partition coefficient (Wildman–Crippen LogP) is 0.355. The number of carbonyl (C=O) groups excluding carboxylic acids is 1. The summed E-state index contributed by atoms with van der Waals surface area (Å²) in [4.78, 5) is 18.3. The van der Waals surface area contributed by atoms with Crippen LogP contribution in [0.4, 0.5) is 0 Å². The van der Waals surface area contributed by atoms with Gasteiger partial charge in [0, 0.05) is 6.54 Å². The molecular formula is C12H18N4O3. The topological polar surface area (TPSA) is 80.5 Å². The Morgan fingerprint density at radius 2 is 2.42 bits per heavy atom. The molecule has 1 N–H and O–H groups in total. The van der Waals surface area contributed by atoms with Gasteiger partial charge in [0.15, 0.2) is 0 Å². The molecule has 19 heavy (non-hydrogen) atoms. The largest absolute Gasteiger partial charge is 0.377 e. The summed E-state index contributed by atoms with van der Waals surface area (Å²) in [5, 5.41) is 7.08. The lowest BCUT2D eigenvalue weighted by molar-refractivity contribution is 0.00277. The number of nitrogens with zero attached hydrogens (tertiary/aromatic N) is 3. The number of nitrogens with one attached hydrogen (secondary N) is 1. The van der Waals surface area contributed by atoms with Crippen molar-refractivity contribution in [3.63, 3.8) is 0 Å². The van der Waals surface area contributed by atoms with Crippen molar-refractivity contribution in [3.05, 3.63) is 11.7 Å². The van der Waals surface area contributed by atoms with Gasteiger partial charge >= 0.3 is 0 Å². The summed E-state index contributed by atoms with van der Waals surface area (Å²) in [7, 11) is 0. The molecule has 0 aliphatic carbocycles. The smallest absolute Gasteiger partial charge is 0.295 e. The van der Waals surface area contributed by atoms with E-state index in [9.17, 15) is 4.79 Å². The second-order valence-corrected chi connectivity index (χ2v) is 5.03. The number of carbonyl (C=O) groups is 1. The third kappa shape index (κ3) is 2.48. The molecule has 0 bridgehead atoms.